The Morgan fingerprint density at radius 2 is 1.94 bits per heavy atom. The highest BCUT2D eigenvalue weighted by atomic mass is 15.2. The second kappa shape index (κ2) is 5.65. The van der Waals surface area contributed by atoms with Gasteiger partial charge < -0.3 is 5.32 Å². The Morgan fingerprint density at radius 1 is 1.24 bits per heavy atom. The van der Waals surface area contributed by atoms with Crippen molar-refractivity contribution in [3.63, 3.8) is 0 Å². The van der Waals surface area contributed by atoms with Crippen LogP contribution in [0.5, 0.6) is 0 Å². The van der Waals surface area contributed by atoms with Crippen LogP contribution < -0.4 is 5.32 Å². The van der Waals surface area contributed by atoms with Crippen molar-refractivity contribution in [1.82, 2.24) is 10.2 Å². The summed E-state index contributed by atoms with van der Waals surface area (Å²) in [7, 11) is 0. The largest absolute Gasteiger partial charge is 0.314 e. The van der Waals surface area contributed by atoms with Crippen molar-refractivity contribution in [3.8, 4) is 0 Å². The fraction of sp³-hybridized carbons (Fsp3) is 0.600. The molecule has 0 bridgehead atoms. The van der Waals surface area contributed by atoms with Crippen molar-refractivity contribution < 1.29 is 0 Å². The molecule has 1 aromatic rings. The van der Waals surface area contributed by atoms with Crippen LogP contribution in [-0.4, -0.2) is 31.1 Å². The van der Waals surface area contributed by atoms with E-state index in [0.29, 0.717) is 6.04 Å². The molecule has 1 aromatic carbocycles. The van der Waals surface area contributed by atoms with Crippen molar-refractivity contribution in [1.29, 1.82) is 0 Å². The number of hydrogen-bond acceptors (Lipinski definition) is 2. The van der Waals surface area contributed by atoms with Crippen LogP contribution in [0, 0.1) is 13.8 Å². The average molecular weight is 232 g/mol. The molecule has 1 atom stereocenters. The summed E-state index contributed by atoms with van der Waals surface area (Å²) in [6.07, 6.45) is 1.20. The van der Waals surface area contributed by atoms with Crippen LogP contribution in [0.4, 0.5) is 0 Å². The number of nitrogens with zero attached hydrogens (tertiary/aromatic N) is 1. The molecule has 0 saturated carbocycles. The van der Waals surface area contributed by atoms with Gasteiger partial charge in [0.05, 0.1) is 0 Å². The zero-order valence-electron chi connectivity index (χ0n) is 11.3. The maximum Gasteiger partial charge on any atom is 0.0349 e. The average Bonchev–Trinajstić information content (AvgIpc) is 2.34. The van der Waals surface area contributed by atoms with Crippen molar-refractivity contribution >= 4 is 0 Å². The van der Waals surface area contributed by atoms with Crippen molar-refractivity contribution in [2.24, 2.45) is 0 Å². The highest BCUT2D eigenvalue weighted by Crippen LogP contribution is 2.27. The van der Waals surface area contributed by atoms with E-state index in [1.807, 2.05) is 0 Å². The quantitative estimate of drug-likeness (QED) is 0.862. The van der Waals surface area contributed by atoms with Crippen LogP contribution in [0.1, 0.15) is 36.1 Å². The third-order valence-corrected chi connectivity index (χ3v) is 3.76. The van der Waals surface area contributed by atoms with E-state index >= 15 is 0 Å². The summed E-state index contributed by atoms with van der Waals surface area (Å²) in [6.45, 7) is 11.3. The molecule has 2 rings (SSSR count). The molecule has 1 heterocycles. The first kappa shape index (κ1) is 12.6. The first-order valence-electron chi connectivity index (χ1n) is 6.74. The topological polar surface area (TPSA) is 15.3 Å². The molecule has 94 valence electrons. The lowest BCUT2D eigenvalue weighted by Gasteiger charge is -2.35. The van der Waals surface area contributed by atoms with Gasteiger partial charge in [-0.15, -0.1) is 0 Å². The highest BCUT2D eigenvalue weighted by Gasteiger charge is 2.21. The Bertz CT molecular complexity index is 367. The van der Waals surface area contributed by atoms with Crippen LogP contribution in [0.2, 0.25) is 0 Å². The zero-order valence-corrected chi connectivity index (χ0v) is 11.3. The van der Waals surface area contributed by atoms with Gasteiger partial charge in [0.2, 0.25) is 0 Å². The summed E-state index contributed by atoms with van der Waals surface area (Å²) < 4.78 is 0. The number of hydrogen-bond donors (Lipinski definition) is 1. The second-order valence-electron chi connectivity index (χ2n) is 5.07. The van der Waals surface area contributed by atoms with E-state index in [9.17, 15) is 0 Å². The van der Waals surface area contributed by atoms with Gasteiger partial charge in [-0.25, -0.2) is 0 Å². The van der Waals surface area contributed by atoms with Crippen molar-refractivity contribution in [3.05, 3.63) is 34.9 Å². The lowest BCUT2D eigenvalue weighted by Crippen LogP contribution is -2.45. The molecular weight excluding hydrogens is 208 g/mol. The highest BCUT2D eigenvalue weighted by molar-refractivity contribution is 5.32. The third-order valence-electron chi connectivity index (χ3n) is 3.76. The van der Waals surface area contributed by atoms with E-state index in [2.05, 4.69) is 49.2 Å². The summed E-state index contributed by atoms with van der Waals surface area (Å²) in [5.41, 5.74) is 4.32. The van der Waals surface area contributed by atoms with E-state index in [4.69, 9.17) is 0 Å². The Kier molecular flexibility index (Phi) is 4.19. The fourth-order valence-corrected chi connectivity index (χ4v) is 2.87. The fourth-order valence-electron chi connectivity index (χ4n) is 2.87. The van der Waals surface area contributed by atoms with E-state index < -0.39 is 0 Å². The minimum absolute atomic E-state index is 0.595. The molecule has 1 saturated heterocycles. The number of aryl methyl sites for hydroxylation is 2. The summed E-state index contributed by atoms with van der Waals surface area (Å²) in [6, 6.07) is 7.46. The van der Waals surface area contributed by atoms with Gasteiger partial charge in [-0.2, -0.15) is 0 Å². The van der Waals surface area contributed by atoms with Gasteiger partial charge in [-0.1, -0.05) is 30.7 Å². The molecule has 0 spiro atoms. The molecular formula is C15H24N2. The standard InChI is InChI=1S/C15H24N2/c1-4-15(17-9-7-16-8-10-17)14-6-5-12(2)11-13(14)3/h5-6,11,15-16H,4,7-10H2,1-3H3/t15-/m0/s1. The monoisotopic (exact) mass is 232 g/mol. The summed E-state index contributed by atoms with van der Waals surface area (Å²) in [5, 5.41) is 3.43. The molecule has 0 aliphatic carbocycles. The van der Waals surface area contributed by atoms with Crippen LogP contribution >= 0.6 is 0 Å². The van der Waals surface area contributed by atoms with E-state index in [1.54, 1.807) is 0 Å². The van der Waals surface area contributed by atoms with Crippen molar-refractivity contribution in [2.75, 3.05) is 26.2 Å². The van der Waals surface area contributed by atoms with Crippen molar-refractivity contribution in [2.45, 2.75) is 33.2 Å². The maximum atomic E-state index is 3.43. The van der Waals surface area contributed by atoms with Gasteiger partial charge in [0, 0.05) is 32.2 Å². The molecule has 0 aromatic heterocycles. The Morgan fingerprint density at radius 3 is 2.53 bits per heavy atom. The molecule has 17 heavy (non-hydrogen) atoms. The SMILES string of the molecule is CC[C@@H](c1ccc(C)cc1C)N1CCNCC1. The molecule has 1 N–H and O–H groups in total. The Hall–Kier alpha value is -0.860. The molecule has 1 aliphatic rings. The predicted molar refractivity (Wildman–Crippen MR) is 73.4 cm³/mol. The van der Waals surface area contributed by atoms with Gasteiger partial charge in [-0.3, -0.25) is 4.90 Å². The summed E-state index contributed by atoms with van der Waals surface area (Å²) in [4.78, 5) is 2.62. The van der Waals surface area contributed by atoms with Gasteiger partial charge >= 0.3 is 0 Å². The van der Waals surface area contributed by atoms with Crippen LogP contribution in [0.25, 0.3) is 0 Å². The van der Waals surface area contributed by atoms with Gasteiger partial charge in [0.1, 0.15) is 0 Å². The molecule has 2 nitrogen and oxygen atoms in total. The van der Waals surface area contributed by atoms with Crippen LogP contribution in [0.15, 0.2) is 18.2 Å². The smallest absolute Gasteiger partial charge is 0.0349 e. The summed E-state index contributed by atoms with van der Waals surface area (Å²) in [5.74, 6) is 0. The maximum absolute atomic E-state index is 3.43. The van der Waals surface area contributed by atoms with E-state index in [-0.39, 0.29) is 0 Å². The first-order valence-corrected chi connectivity index (χ1v) is 6.74. The Balaban J connectivity index is 2.21. The van der Waals surface area contributed by atoms with Gasteiger partial charge in [0.15, 0.2) is 0 Å². The molecule has 1 aliphatic heterocycles. The number of piperazine rings is 1. The summed E-state index contributed by atoms with van der Waals surface area (Å²) >= 11 is 0. The molecule has 0 radical (unpaired) electrons. The number of rotatable bonds is 3. The van der Waals surface area contributed by atoms with Crippen LogP contribution in [-0.2, 0) is 0 Å². The third kappa shape index (κ3) is 2.88. The molecule has 0 unspecified atom stereocenters. The van der Waals surface area contributed by atoms with Crippen LogP contribution in [0.3, 0.4) is 0 Å². The lowest BCUT2D eigenvalue weighted by atomic mass is 9.96. The molecule has 2 heteroatoms. The Labute approximate surface area is 105 Å². The van der Waals surface area contributed by atoms with Gasteiger partial charge in [0.25, 0.3) is 0 Å². The minimum atomic E-state index is 0.595. The molecule has 0 amide bonds. The first-order chi connectivity index (χ1) is 8.22. The predicted octanol–water partition coefficient (Wildman–Crippen LogP) is 2.66. The molecule has 1 fully saturated rings. The lowest BCUT2D eigenvalue weighted by molar-refractivity contribution is 0.169. The van der Waals surface area contributed by atoms with E-state index in [1.165, 1.54) is 36.2 Å². The normalized spacial score (nSPS) is 19.2. The number of benzene rings is 1. The van der Waals surface area contributed by atoms with Gasteiger partial charge in [-0.05, 0) is 31.4 Å². The minimum Gasteiger partial charge on any atom is -0.314 e. The number of nitrogens with one attached hydrogen (secondary N) is 1. The van der Waals surface area contributed by atoms with E-state index in [0.717, 1.165) is 13.1 Å². The second-order valence-corrected chi connectivity index (χ2v) is 5.07. The zero-order chi connectivity index (χ0) is 12.3.